The average Bonchev–Trinajstić information content (AvgIpc) is 3.07. The third-order valence-electron chi connectivity index (χ3n) is 5.36. The molecule has 2 aliphatic rings. The van der Waals surface area contributed by atoms with Gasteiger partial charge in [-0.05, 0) is 26.0 Å². The molecule has 8 nitrogen and oxygen atoms in total. The van der Waals surface area contributed by atoms with E-state index < -0.39 is 6.04 Å². The number of aromatic nitrogens is 2. The molecule has 0 bridgehead atoms. The van der Waals surface area contributed by atoms with Gasteiger partial charge < -0.3 is 25.6 Å². The molecule has 1 unspecified atom stereocenters. The zero-order valence-corrected chi connectivity index (χ0v) is 17.4. The van der Waals surface area contributed by atoms with Crippen LogP contribution in [0, 0.1) is 5.82 Å². The Morgan fingerprint density at radius 2 is 2.07 bits per heavy atom. The van der Waals surface area contributed by atoms with Crippen molar-refractivity contribution in [3.8, 4) is 5.75 Å². The molecule has 3 heterocycles. The molecule has 30 heavy (non-hydrogen) atoms. The largest absolute Gasteiger partial charge is 0.489 e. The lowest BCUT2D eigenvalue weighted by Crippen LogP contribution is -2.51. The molecular formula is C21H27FN6O2. The number of anilines is 3. The number of nitrogens with zero attached hydrogens (tertiary/aromatic N) is 3. The summed E-state index contributed by atoms with van der Waals surface area (Å²) in [5.41, 5.74) is 2.07. The zero-order valence-electron chi connectivity index (χ0n) is 17.4. The maximum absolute atomic E-state index is 13.7. The summed E-state index contributed by atoms with van der Waals surface area (Å²) in [5.74, 6) is 0.529. The van der Waals surface area contributed by atoms with Crippen molar-refractivity contribution in [1.82, 2.24) is 20.2 Å². The van der Waals surface area contributed by atoms with E-state index in [1.807, 2.05) is 25.7 Å². The fourth-order valence-corrected chi connectivity index (χ4v) is 3.86. The molecule has 1 aromatic heterocycles. The second-order valence-corrected chi connectivity index (χ2v) is 7.90. The van der Waals surface area contributed by atoms with Gasteiger partial charge in [0.2, 0.25) is 5.91 Å². The molecule has 0 radical (unpaired) electrons. The fourth-order valence-electron chi connectivity index (χ4n) is 3.86. The van der Waals surface area contributed by atoms with Crippen LogP contribution in [0.3, 0.4) is 0 Å². The van der Waals surface area contributed by atoms with Crippen molar-refractivity contribution in [2.24, 2.45) is 0 Å². The first-order valence-corrected chi connectivity index (χ1v) is 10.3. The minimum atomic E-state index is -0.394. The van der Waals surface area contributed by atoms with Crippen LogP contribution in [0.15, 0.2) is 24.5 Å². The standard InChI is InChI=1S/C21H27FN6O2/c1-12(2)30-16-10-14(22)4-5-15(16)26-20-19-17(24-11-25-20)13(3)18(27-19)21(29)28-8-6-23-7-9-28/h4-5,10-13,18,23,27H,6-9H2,1-3H3,(H,24,25,26)/t13-,18?/m0/s1. The third kappa shape index (κ3) is 4.02. The van der Waals surface area contributed by atoms with Crippen LogP contribution < -0.4 is 20.7 Å². The zero-order chi connectivity index (χ0) is 21.3. The summed E-state index contributed by atoms with van der Waals surface area (Å²) in [6, 6.07) is 3.93. The Morgan fingerprint density at radius 3 is 2.80 bits per heavy atom. The summed E-state index contributed by atoms with van der Waals surface area (Å²) in [6.07, 6.45) is 1.37. The number of ether oxygens (including phenoxy) is 1. The highest BCUT2D eigenvalue weighted by Crippen LogP contribution is 2.40. The molecule has 160 valence electrons. The van der Waals surface area contributed by atoms with E-state index in [0.29, 0.717) is 36.0 Å². The van der Waals surface area contributed by atoms with Crippen molar-refractivity contribution < 1.29 is 13.9 Å². The quantitative estimate of drug-likeness (QED) is 0.692. The van der Waals surface area contributed by atoms with Gasteiger partial charge >= 0.3 is 0 Å². The monoisotopic (exact) mass is 414 g/mol. The lowest BCUT2D eigenvalue weighted by molar-refractivity contribution is -0.132. The van der Waals surface area contributed by atoms with E-state index in [2.05, 4.69) is 25.9 Å². The topological polar surface area (TPSA) is 91.4 Å². The predicted octanol–water partition coefficient (Wildman–Crippen LogP) is 2.48. The van der Waals surface area contributed by atoms with Gasteiger partial charge in [0, 0.05) is 38.2 Å². The molecule has 1 fully saturated rings. The first kappa shape index (κ1) is 20.3. The smallest absolute Gasteiger partial charge is 0.245 e. The molecule has 0 aliphatic carbocycles. The van der Waals surface area contributed by atoms with Crippen molar-refractivity contribution in [3.05, 3.63) is 36.0 Å². The molecule has 4 rings (SSSR count). The van der Waals surface area contributed by atoms with Gasteiger partial charge in [0.15, 0.2) is 5.82 Å². The van der Waals surface area contributed by atoms with Crippen molar-refractivity contribution in [1.29, 1.82) is 0 Å². The molecule has 0 spiro atoms. The lowest BCUT2D eigenvalue weighted by atomic mass is 10.0. The van der Waals surface area contributed by atoms with Gasteiger partial charge in [0.25, 0.3) is 0 Å². The first-order chi connectivity index (χ1) is 14.4. The Labute approximate surface area is 175 Å². The first-order valence-electron chi connectivity index (χ1n) is 10.3. The third-order valence-corrected chi connectivity index (χ3v) is 5.36. The van der Waals surface area contributed by atoms with Gasteiger partial charge in [0.1, 0.15) is 29.6 Å². The number of amides is 1. The van der Waals surface area contributed by atoms with Crippen LogP contribution in [0.25, 0.3) is 0 Å². The van der Waals surface area contributed by atoms with E-state index in [4.69, 9.17) is 4.74 Å². The van der Waals surface area contributed by atoms with Gasteiger partial charge in [-0.15, -0.1) is 0 Å². The Hall–Kier alpha value is -2.94. The van der Waals surface area contributed by atoms with E-state index in [1.165, 1.54) is 18.5 Å². The number of nitrogens with one attached hydrogen (secondary N) is 3. The van der Waals surface area contributed by atoms with Crippen LogP contribution in [-0.2, 0) is 4.79 Å². The van der Waals surface area contributed by atoms with Crippen molar-refractivity contribution in [3.63, 3.8) is 0 Å². The Balaban J connectivity index is 1.59. The minimum Gasteiger partial charge on any atom is -0.489 e. The number of carbonyl (C=O) groups excluding carboxylic acids is 1. The van der Waals surface area contributed by atoms with E-state index in [1.54, 1.807) is 6.07 Å². The second kappa shape index (κ2) is 8.43. The number of piperazine rings is 1. The highest BCUT2D eigenvalue weighted by Gasteiger charge is 2.39. The fraction of sp³-hybridized carbons (Fsp3) is 0.476. The molecule has 2 atom stereocenters. The number of fused-ring (bicyclic) bond motifs is 1. The highest BCUT2D eigenvalue weighted by atomic mass is 19.1. The normalized spacial score (nSPS) is 20.6. The molecule has 3 N–H and O–H groups in total. The van der Waals surface area contributed by atoms with Gasteiger partial charge in [-0.1, -0.05) is 6.92 Å². The molecule has 1 amide bonds. The lowest BCUT2D eigenvalue weighted by Gasteiger charge is -2.30. The summed E-state index contributed by atoms with van der Waals surface area (Å²) >= 11 is 0. The predicted molar refractivity (Wildman–Crippen MR) is 113 cm³/mol. The minimum absolute atomic E-state index is 0.0681. The molecular weight excluding hydrogens is 387 g/mol. The van der Waals surface area contributed by atoms with E-state index in [9.17, 15) is 9.18 Å². The molecule has 1 saturated heterocycles. The van der Waals surface area contributed by atoms with Gasteiger partial charge in [0.05, 0.1) is 17.5 Å². The average molecular weight is 414 g/mol. The van der Waals surface area contributed by atoms with E-state index >= 15 is 0 Å². The SMILES string of the molecule is CC(C)Oc1cc(F)ccc1Nc1ncnc2c1NC(C(=O)N1CCNCC1)[C@H]2C. The van der Waals surface area contributed by atoms with Crippen LogP contribution in [0.1, 0.15) is 32.4 Å². The molecule has 9 heteroatoms. The van der Waals surface area contributed by atoms with Gasteiger partial charge in [-0.25, -0.2) is 14.4 Å². The number of halogens is 1. The van der Waals surface area contributed by atoms with Crippen LogP contribution in [0.4, 0.5) is 21.6 Å². The number of carbonyl (C=O) groups is 1. The Morgan fingerprint density at radius 1 is 1.30 bits per heavy atom. The molecule has 0 saturated carbocycles. The molecule has 2 aliphatic heterocycles. The van der Waals surface area contributed by atoms with Crippen LogP contribution in [-0.4, -0.2) is 59.1 Å². The van der Waals surface area contributed by atoms with Crippen LogP contribution >= 0.6 is 0 Å². The number of hydrogen-bond acceptors (Lipinski definition) is 7. The molecule has 2 aromatic rings. The van der Waals surface area contributed by atoms with Crippen molar-refractivity contribution >= 4 is 23.1 Å². The maximum atomic E-state index is 13.7. The highest BCUT2D eigenvalue weighted by molar-refractivity contribution is 5.91. The van der Waals surface area contributed by atoms with Crippen LogP contribution in [0.5, 0.6) is 5.75 Å². The van der Waals surface area contributed by atoms with Crippen molar-refractivity contribution in [2.45, 2.75) is 38.8 Å². The number of hydrogen-bond donors (Lipinski definition) is 3. The van der Waals surface area contributed by atoms with Crippen molar-refractivity contribution in [2.75, 3.05) is 36.8 Å². The summed E-state index contributed by atoms with van der Waals surface area (Å²) in [5, 5.41) is 9.81. The Bertz CT molecular complexity index is 932. The molecule has 1 aromatic carbocycles. The van der Waals surface area contributed by atoms with E-state index in [-0.39, 0.29) is 23.7 Å². The maximum Gasteiger partial charge on any atom is 0.245 e. The van der Waals surface area contributed by atoms with Gasteiger partial charge in [-0.3, -0.25) is 4.79 Å². The van der Waals surface area contributed by atoms with Crippen LogP contribution in [0.2, 0.25) is 0 Å². The summed E-state index contributed by atoms with van der Waals surface area (Å²) in [4.78, 5) is 23.7. The summed E-state index contributed by atoms with van der Waals surface area (Å²) < 4.78 is 19.5. The number of benzene rings is 1. The second-order valence-electron chi connectivity index (χ2n) is 7.90. The number of rotatable bonds is 5. The van der Waals surface area contributed by atoms with E-state index in [0.717, 1.165) is 18.8 Å². The summed E-state index contributed by atoms with van der Waals surface area (Å²) in [7, 11) is 0. The Kier molecular flexibility index (Phi) is 5.72. The van der Waals surface area contributed by atoms with Gasteiger partial charge in [-0.2, -0.15) is 0 Å². The summed E-state index contributed by atoms with van der Waals surface area (Å²) in [6.45, 7) is 8.75.